The second kappa shape index (κ2) is 11.7. The number of nitrogens with one attached hydrogen (secondary N) is 1. The molecule has 0 aliphatic carbocycles. The average molecular weight is 542 g/mol. The van der Waals surface area contributed by atoms with Gasteiger partial charge in [-0.3, -0.25) is 9.79 Å². The Morgan fingerprint density at radius 3 is 1.57 bits per heavy atom. The smallest absolute Gasteiger partial charge is 0.251 e. The first kappa shape index (κ1) is 25.3. The highest BCUT2D eigenvalue weighted by atomic mass is 35.5. The Balaban J connectivity index is 1.76. The van der Waals surface area contributed by atoms with Crippen LogP contribution >= 0.6 is 46.4 Å². The molecule has 0 fully saturated rings. The van der Waals surface area contributed by atoms with Crippen LogP contribution in [0.5, 0.6) is 0 Å². The molecule has 0 radical (unpaired) electrons. The summed E-state index contributed by atoms with van der Waals surface area (Å²) in [5.41, 5.74) is 3.11. The molecule has 176 valence electrons. The van der Waals surface area contributed by atoms with Crippen LogP contribution in [0.1, 0.15) is 39.1 Å². The molecule has 4 rings (SSSR count). The summed E-state index contributed by atoms with van der Waals surface area (Å²) in [5.74, 6) is -0.248. The fourth-order valence-electron chi connectivity index (χ4n) is 3.58. The quantitative estimate of drug-likeness (QED) is 0.234. The highest BCUT2D eigenvalue weighted by Crippen LogP contribution is 2.34. The van der Waals surface area contributed by atoms with Gasteiger partial charge in [0.25, 0.3) is 5.91 Å². The molecule has 1 N–H and O–H groups in total. The van der Waals surface area contributed by atoms with Gasteiger partial charge in [0.15, 0.2) is 0 Å². The summed E-state index contributed by atoms with van der Waals surface area (Å²) in [7, 11) is 0. The van der Waals surface area contributed by atoms with Gasteiger partial charge in [0.2, 0.25) is 0 Å². The SMILES string of the molecule is O=C(N[C@H](c1ccc(Cl)cc1)[C@H](N=Cc1ccc(Cl)cc1)c1ccc(Cl)cc1)c1ccc(Cl)cc1. The van der Waals surface area contributed by atoms with E-state index in [4.69, 9.17) is 51.4 Å². The number of nitrogens with zero attached hydrogens (tertiary/aromatic N) is 1. The molecular formula is C28H20Cl4N2O. The van der Waals surface area contributed by atoms with Gasteiger partial charge >= 0.3 is 0 Å². The Labute approximate surface area is 224 Å². The van der Waals surface area contributed by atoms with E-state index in [1.165, 1.54) is 0 Å². The van der Waals surface area contributed by atoms with Crippen molar-refractivity contribution in [3.05, 3.63) is 139 Å². The van der Waals surface area contributed by atoms with E-state index < -0.39 is 12.1 Å². The van der Waals surface area contributed by atoms with Crippen LogP contribution in [0.4, 0.5) is 0 Å². The van der Waals surface area contributed by atoms with Crippen molar-refractivity contribution >= 4 is 58.5 Å². The summed E-state index contributed by atoms with van der Waals surface area (Å²) in [6.07, 6.45) is 1.77. The lowest BCUT2D eigenvalue weighted by molar-refractivity contribution is 0.0930. The van der Waals surface area contributed by atoms with Crippen LogP contribution in [0.3, 0.4) is 0 Å². The first-order valence-electron chi connectivity index (χ1n) is 10.7. The number of benzene rings is 4. The molecule has 0 aromatic heterocycles. The number of amides is 1. The van der Waals surface area contributed by atoms with Gasteiger partial charge in [0.05, 0.1) is 12.1 Å². The lowest BCUT2D eigenvalue weighted by Gasteiger charge is -2.26. The fourth-order valence-corrected chi connectivity index (χ4v) is 4.08. The van der Waals surface area contributed by atoms with Crippen molar-refractivity contribution < 1.29 is 4.79 Å². The zero-order chi connectivity index (χ0) is 24.8. The van der Waals surface area contributed by atoms with Gasteiger partial charge in [-0.15, -0.1) is 0 Å². The van der Waals surface area contributed by atoms with Gasteiger partial charge in [-0.05, 0) is 77.4 Å². The Morgan fingerprint density at radius 1 is 0.629 bits per heavy atom. The molecule has 4 aromatic carbocycles. The largest absolute Gasteiger partial charge is 0.343 e. The van der Waals surface area contributed by atoms with E-state index in [-0.39, 0.29) is 5.91 Å². The van der Waals surface area contributed by atoms with Crippen molar-refractivity contribution in [1.82, 2.24) is 5.32 Å². The maximum Gasteiger partial charge on any atom is 0.251 e. The number of carbonyl (C=O) groups is 1. The van der Waals surface area contributed by atoms with Gasteiger partial charge < -0.3 is 5.32 Å². The van der Waals surface area contributed by atoms with Gasteiger partial charge in [-0.1, -0.05) is 82.8 Å². The number of aliphatic imine (C=N–C) groups is 1. The molecule has 1 amide bonds. The molecule has 35 heavy (non-hydrogen) atoms. The Hall–Kier alpha value is -2.82. The van der Waals surface area contributed by atoms with Crippen LogP contribution in [-0.4, -0.2) is 12.1 Å². The van der Waals surface area contributed by atoms with Crippen molar-refractivity contribution in [3.63, 3.8) is 0 Å². The molecule has 0 bridgehead atoms. The average Bonchev–Trinajstić information content (AvgIpc) is 2.86. The minimum absolute atomic E-state index is 0.248. The monoisotopic (exact) mass is 540 g/mol. The molecule has 0 unspecified atom stereocenters. The van der Waals surface area contributed by atoms with Crippen LogP contribution in [-0.2, 0) is 0 Å². The Kier molecular flexibility index (Phi) is 8.48. The summed E-state index contributed by atoms with van der Waals surface area (Å²) in [6, 6.07) is 27.9. The first-order valence-corrected chi connectivity index (χ1v) is 12.3. The standard InChI is InChI=1S/C28H20Cl4N2O/c29-22-9-1-18(2-10-22)17-33-26(19-3-11-23(30)12-4-19)27(20-5-13-24(31)14-6-20)34-28(35)21-7-15-25(32)16-8-21/h1-17,26-27H,(H,34,35)/t26-,27-/m1/s1. The number of halogens is 4. The zero-order valence-electron chi connectivity index (χ0n) is 18.3. The van der Waals surface area contributed by atoms with Crippen molar-refractivity contribution in [1.29, 1.82) is 0 Å². The highest BCUT2D eigenvalue weighted by molar-refractivity contribution is 6.31. The van der Waals surface area contributed by atoms with Crippen molar-refractivity contribution in [2.45, 2.75) is 12.1 Å². The third-order valence-corrected chi connectivity index (χ3v) is 6.41. The minimum atomic E-state index is -0.500. The Bertz CT molecular complexity index is 1300. The second-order valence-electron chi connectivity index (χ2n) is 7.84. The van der Waals surface area contributed by atoms with E-state index in [0.29, 0.717) is 25.7 Å². The minimum Gasteiger partial charge on any atom is -0.343 e. The van der Waals surface area contributed by atoms with Crippen LogP contribution in [0, 0.1) is 0 Å². The number of hydrogen-bond donors (Lipinski definition) is 1. The first-order chi connectivity index (χ1) is 16.9. The van der Waals surface area contributed by atoms with E-state index in [2.05, 4.69) is 5.32 Å². The van der Waals surface area contributed by atoms with Crippen molar-refractivity contribution in [2.75, 3.05) is 0 Å². The summed E-state index contributed by atoms with van der Waals surface area (Å²) < 4.78 is 0. The molecule has 7 heteroatoms. The molecule has 0 heterocycles. The molecule has 0 aliphatic heterocycles. The van der Waals surface area contributed by atoms with Crippen LogP contribution < -0.4 is 5.32 Å². The number of hydrogen-bond acceptors (Lipinski definition) is 2. The number of carbonyl (C=O) groups excluding carboxylic acids is 1. The van der Waals surface area contributed by atoms with Crippen LogP contribution in [0.15, 0.2) is 102 Å². The van der Waals surface area contributed by atoms with E-state index in [1.807, 2.05) is 48.5 Å². The Morgan fingerprint density at radius 2 is 1.06 bits per heavy atom. The van der Waals surface area contributed by atoms with Crippen molar-refractivity contribution in [3.8, 4) is 0 Å². The molecule has 4 aromatic rings. The molecule has 0 aliphatic rings. The summed E-state index contributed by atoms with van der Waals surface area (Å²) in [4.78, 5) is 18.1. The molecule has 0 spiro atoms. The molecule has 0 saturated carbocycles. The fraction of sp³-hybridized carbons (Fsp3) is 0.0714. The molecule has 3 nitrogen and oxygen atoms in total. The molecular weight excluding hydrogens is 522 g/mol. The second-order valence-corrected chi connectivity index (χ2v) is 9.58. The normalized spacial score (nSPS) is 12.9. The predicted octanol–water partition coefficient (Wildman–Crippen LogP) is 8.63. The summed E-state index contributed by atoms with van der Waals surface area (Å²) in [5, 5.41) is 5.57. The lowest BCUT2D eigenvalue weighted by atomic mass is 9.93. The van der Waals surface area contributed by atoms with E-state index in [9.17, 15) is 4.79 Å². The van der Waals surface area contributed by atoms with Gasteiger partial charge in [0, 0.05) is 31.9 Å². The van der Waals surface area contributed by atoms with Gasteiger partial charge in [0.1, 0.15) is 0 Å². The van der Waals surface area contributed by atoms with E-state index in [0.717, 1.165) is 16.7 Å². The predicted molar refractivity (Wildman–Crippen MR) is 146 cm³/mol. The van der Waals surface area contributed by atoms with E-state index in [1.54, 1.807) is 54.7 Å². The summed E-state index contributed by atoms with van der Waals surface area (Å²) >= 11 is 24.3. The number of rotatable bonds is 7. The zero-order valence-corrected chi connectivity index (χ0v) is 21.4. The van der Waals surface area contributed by atoms with Crippen molar-refractivity contribution in [2.24, 2.45) is 4.99 Å². The summed E-state index contributed by atoms with van der Waals surface area (Å²) in [6.45, 7) is 0. The van der Waals surface area contributed by atoms with Crippen LogP contribution in [0.25, 0.3) is 0 Å². The van der Waals surface area contributed by atoms with Gasteiger partial charge in [-0.2, -0.15) is 0 Å². The lowest BCUT2D eigenvalue weighted by Crippen LogP contribution is -2.32. The van der Waals surface area contributed by atoms with Gasteiger partial charge in [-0.25, -0.2) is 0 Å². The molecule has 2 atom stereocenters. The molecule has 0 saturated heterocycles. The highest BCUT2D eigenvalue weighted by Gasteiger charge is 2.26. The van der Waals surface area contributed by atoms with Crippen LogP contribution in [0.2, 0.25) is 20.1 Å². The van der Waals surface area contributed by atoms with E-state index >= 15 is 0 Å². The maximum absolute atomic E-state index is 13.2. The maximum atomic E-state index is 13.2. The third kappa shape index (κ3) is 6.87. The topological polar surface area (TPSA) is 41.5 Å². The third-order valence-electron chi connectivity index (χ3n) is 5.40.